The van der Waals surface area contributed by atoms with E-state index in [0.717, 1.165) is 4.68 Å². The van der Waals surface area contributed by atoms with E-state index in [-0.39, 0.29) is 29.6 Å². The lowest BCUT2D eigenvalue weighted by atomic mass is 10.0. The largest absolute Gasteiger partial charge is 0.416 e. The molecule has 33 heavy (non-hydrogen) atoms. The molecule has 0 unspecified atom stereocenters. The smallest absolute Gasteiger partial charge is 0.372 e. The Kier molecular flexibility index (Phi) is 6.83. The van der Waals surface area contributed by atoms with Gasteiger partial charge in [0.25, 0.3) is 5.78 Å². The first-order valence-electron chi connectivity index (χ1n) is 9.15. The van der Waals surface area contributed by atoms with Crippen LogP contribution in [0.3, 0.4) is 0 Å². The zero-order valence-electron chi connectivity index (χ0n) is 16.8. The fraction of sp³-hybridized carbons (Fsp3) is 0.238. The highest BCUT2D eigenvalue weighted by Crippen LogP contribution is 2.36. The normalized spacial score (nSPS) is 11.7. The maximum absolute atomic E-state index is 13.2. The second-order valence-corrected chi connectivity index (χ2v) is 6.66. The quantitative estimate of drug-likeness (QED) is 0.242. The van der Waals surface area contributed by atoms with Crippen molar-refractivity contribution in [3.05, 3.63) is 65.1 Å². The van der Waals surface area contributed by atoms with Crippen LogP contribution in [0.15, 0.2) is 42.7 Å². The van der Waals surface area contributed by atoms with Gasteiger partial charge in [-0.15, -0.1) is 5.10 Å². The van der Waals surface area contributed by atoms with Crippen molar-refractivity contribution in [2.75, 3.05) is 13.7 Å². The predicted molar refractivity (Wildman–Crippen MR) is 103 cm³/mol. The van der Waals surface area contributed by atoms with Gasteiger partial charge in [-0.25, -0.2) is 4.68 Å². The molecule has 1 aromatic carbocycles. The van der Waals surface area contributed by atoms with Crippen LogP contribution in [-0.2, 0) is 23.6 Å². The molecular weight excluding hydrogens is 454 g/mol. The molecule has 0 spiro atoms. The minimum Gasteiger partial charge on any atom is -0.372 e. The van der Waals surface area contributed by atoms with Crippen LogP contribution in [0.2, 0.25) is 0 Å². The van der Waals surface area contributed by atoms with Crippen molar-refractivity contribution in [3.63, 3.8) is 0 Å². The number of aromatic nitrogens is 4. The number of halogens is 6. The lowest BCUT2D eigenvalue weighted by molar-refractivity contribution is -0.143. The number of hydrogen-bond donors (Lipinski definition) is 0. The van der Waals surface area contributed by atoms with Gasteiger partial charge in [0.1, 0.15) is 12.3 Å². The van der Waals surface area contributed by atoms with E-state index in [1.165, 1.54) is 31.6 Å². The van der Waals surface area contributed by atoms with Crippen LogP contribution in [0.5, 0.6) is 0 Å². The van der Waals surface area contributed by atoms with Crippen LogP contribution in [0.25, 0.3) is 11.3 Å². The van der Waals surface area contributed by atoms with E-state index in [1.807, 2.05) is 0 Å². The third kappa shape index (κ3) is 5.75. The summed E-state index contributed by atoms with van der Waals surface area (Å²) in [6.45, 7) is -0.550. The molecule has 6 nitrogen and oxygen atoms in total. The Morgan fingerprint density at radius 3 is 2.18 bits per heavy atom. The highest BCUT2D eigenvalue weighted by Gasteiger charge is 2.37. The summed E-state index contributed by atoms with van der Waals surface area (Å²) in [5, 5.41) is 7.55. The minimum atomic E-state index is -5.00. The summed E-state index contributed by atoms with van der Waals surface area (Å²) in [5.74, 6) is 4.02. The number of carbonyl (C=O) groups is 1. The topological polar surface area (TPSA) is 69.9 Å². The van der Waals surface area contributed by atoms with E-state index in [2.05, 4.69) is 27.1 Å². The van der Waals surface area contributed by atoms with Crippen LogP contribution in [0.1, 0.15) is 27.2 Å². The average molecular weight is 468 g/mol. The highest BCUT2D eigenvalue weighted by molar-refractivity contribution is 6.11. The number of alkyl halides is 6. The molecule has 0 amide bonds. The zero-order chi connectivity index (χ0) is 24.2. The van der Waals surface area contributed by atoms with Crippen LogP contribution < -0.4 is 0 Å². The number of hydrogen-bond acceptors (Lipinski definition) is 5. The summed E-state index contributed by atoms with van der Waals surface area (Å²) in [5.41, 5.74) is -3.02. The summed E-state index contributed by atoms with van der Waals surface area (Å²) >= 11 is 0. The number of nitrogens with zero attached hydrogens (tertiary/aromatic N) is 4. The summed E-state index contributed by atoms with van der Waals surface area (Å²) in [6.07, 6.45) is -7.21. The number of ketones is 1. The zero-order valence-corrected chi connectivity index (χ0v) is 16.8. The Hall–Kier alpha value is -3.72. The predicted octanol–water partition coefficient (Wildman–Crippen LogP) is 4.26. The number of Topliss-reactive ketones (excluding diaryl/α,β-unsaturated/α-hetero) is 1. The highest BCUT2D eigenvalue weighted by atomic mass is 19.4. The van der Waals surface area contributed by atoms with Gasteiger partial charge in [0.2, 0.25) is 0 Å². The number of benzene rings is 1. The van der Waals surface area contributed by atoms with Crippen molar-refractivity contribution in [2.45, 2.75) is 18.9 Å². The second kappa shape index (κ2) is 9.41. The minimum absolute atomic E-state index is 0.0328. The lowest BCUT2D eigenvalue weighted by Gasteiger charge is -2.15. The second-order valence-electron chi connectivity index (χ2n) is 6.66. The molecule has 0 aliphatic carbocycles. The molecule has 0 fully saturated rings. The molecule has 2 heterocycles. The van der Waals surface area contributed by atoms with E-state index < -0.39 is 35.8 Å². The number of ether oxygens (including phenoxy) is 1. The lowest BCUT2D eigenvalue weighted by Crippen LogP contribution is -2.13. The molecule has 0 aliphatic heterocycles. The monoisotopic (exact) mass is 468 g/mol. The van der Waals surface area contributed by atoms with Crippen molar-refractivity contribution < 1.29 is 35.9 Å². The van der Waals surface area contributed by atoms with Crippen molar-refractivity contribution in [3.8, 4) is 23.1 Å². The molecule has 0 radical (unpaired) electrons. The molecule has 0 N–H and O–H groups in total. The van der Waals surface area contributed by atoms with E-state index in [4.69, 9.17) is 4.74 Å². The SMILES string of the molecule is COCC#CC(=O)c1nnn(Cc2cc(C(F)(F)F)cc(C(F)(F)F)c2)c1-c1ccncc1. The summed E-state index contributed by atoms with van der Waals surface area (Å²) in [7, 11) is 1.38. The number of rotatable bonds is 5. The molecule has 3 rings (SSSR count). The van der Waals surface area contributed by atoms with Gasteiger partial charge in [-0.3, -0.25) is 9.78 Å². The van der Waals surface area contributed by atoms with Gasteiger partial charge in [-0.2, -0.15) is 26.3 Å². The molecule has 0 aliphatic rings. The fourth-order valence-electron chi connectivity index (χ4n) is 2.90. The van der Waals surface area contributed by atoms with Crippen molar-refractivity contribution >= 4 is 5.78 Å². The summed E-state index contributed by atoms with van der Waals surface area (Å²) in [6, 6.07) is 4.19. The van der Waals surface area contributed by atoms with E-state index >= 15 is 0 Å². The van der Waals surface area contributed by atoms with Gasteiger partial charge in [-0.05, 0) is 41.8 Å². The molecule has 3 aromatic rings. The van der Waals surface area contributed by atoms with Crippen LogP contribution in [-0.4, -0.2) is 39.5 Å². The van der Waals surface area contributed by atoms with Gasteiger partial charge >= 0.3 is 12.4 Å². The molecule has 0 atom stereocenters. The molecular formula is C21H14F6N4O2. The first-order valence-corrected chi connectivity index (χ1v) is 9.15. The number of methoxy groups -OCH3 is 1. The van der Waals surface area contributed by atoms with Gasteiger partial charge in [0.05, 0.1) is 17.7 Å². The Balaban J connectivity index is 2.11. The molecule has 0 bridgehead atoms. The third-order valence-electron chi connectivity index (χ3n) is 4.30. The third-order valence-corrected chi connectivity index (χ3v) is 4.30. The van der Waals surface area contributed by atoms with Gasteiger partial charge < -0.3 is 4.74 Å². The van der Waals surface area contributed by atoms with Gasteiger partial charge in [0.15, 0.2) is 5.69 Å². The Labute approximate surface area is 183 Å². The molecule has 172 valence electrons. The van der Waals surface area contributed by atoms with Crippen molar-refractivity contribution in [1.29, 1.82) is 0 Å². The number of pyridine rings is 1. The molecule has 0 saturated heterocycles. The fourth-order valence-corrected chi connectivity index (χ4v) is 2.90. The number of carbonyl (C=O) groups excluding carboxylic acids is 1. The van der Waals surface area contributed by atoms with Crippen molar-refractivity contribution in [2.24, 2.45) is 0 Å². The van der Waals surface area contributed by atoms with E-state index in [1.54, 1.807) is 0 Å². The van der Waals surface area contributed by atoms with Crippen LogP contribution in [0, 0.1) is 11.8 Å². The standard InChI is InChI=1S/C21H14F6N4O2/c1-33-8-2-3-17(32)18-19(14-4-6-28-7-5-14)31(30-29-18)12-13-9-15(20(22,23)24)11-16(10-13)21(25,26)27/h4-7,9-11H,8,12H2,1H3. The summed E-state index contributed by atoms with van der Waals surface area (Å²) in [4.78, 5) is 16.3. The molecule has 12 heteroatoms. The van der Waals surface area contributed by atoms with Crippen molar-refractivity contribution in [1.82, 2.24) is 20.0 Å². The first kappa shape index (κ1) is 23.9. The van der Waals surface area contributed by atoms with Gasteiger partial charge in [-0.1, -0.05) is 11.1 Å². The maximum Gasteiger partial charge on any atom is 0.416 e. The molecule has 2 aromatic heterocycles. The van der Waals surface area contributed by atoms with E-state index in [0.29, 0.717) is 17.7 Å². The Morgan fingerprint density at radius 2 is 1.64 bits per heavy atom. The van der Waals surface area contributed by atoms with E-state index in [9.17, 15) is 31.1 Å². The first-order chi connectivity index (χ1) is 15.5. The Morgan fingerprint density at radius 1 is 1.03 bits per heavy atom. The molecule has 0 saturated carbocycles. The van der Waals surface area contributed by atoms with Crippen LogP contribution >= 0.6 is 0 Å². The van der Waals surface area contributed by atoms with Crippen LogP contribution in [0.4, 0.5) is 26.3 Å². The summed E-state index contributed by atoms with van der Waals surface area (Å²) < 4.78 is 85.0. The average Bonchev–Trinajstić information content (AvgIpc) is 3.16. The Bertz CT molecular complexity index is 1180. The maximum atomic E-state index is 13.2. The van der Waals surface area contributed by atoms with Gasteiger partial charge in [0, 0.05) is 25.1 Å².